The Labute approximate surface area is 252 Å². The second kappa shape index (κ2) is 12.7. The van der Waals surface area contributed by atoms with Gasteiger partial charge in [-0.1, -0.05) is 77.9 Å². The van der Waals surface area contributed by atoms with Gasteiger partial charge in [0.15, 0.2) is 28.8 Å². The first kappa shape index (κ1) is 34.1. The predicted octanol–water partition coefficient (Wildman–Crippen LogP) is 6.57. The van der Waals surface area contributed by atoms with Crippen molar-refractivity contribution in [2.24, 2.45) is 0 Å². The second-order valence-corrected chi connectivity index (χ2v) is 23.7. The van der Waals surface area contributed by atoms with Crippen LogP contribution in [0.5, 0.6) is 0 Å². The van der Waals surface area contributed by atoms with E-state index in [4.69, 9.17) is 23.1 Å². The third-order valence-electron chi connectivity index (χ3n) is 8.82. The summed E-state index contributed by atoms with van der Waals surface area (Å²) in [4.78, 5) is 26.6. The van der Waals surface area contributed by atoms with Crippen LogP contribution in [0.3, 0.4) is 0 Å². The van der Waals surface area contributed by atoms with Gasteiger partial charge in [-0.25, -0.2) is 9.59 Å². The molecule has 0 unspecified atom stereocenters. The van der Waals surface area contributed by atoms with E-state index in [1.54, 1.807) is 60.7 Å². The van der Waals surface area contributed by atoms with E-state index in [2.05, 4.69) is 67.7 Å². The Morgan fingerprint density at radius 2 is 1.19 bits per heavy atom. The van der Waals surface area contributed by atoms with E-state index in [0.29, 0.717) is 11.1 Å². The van der Waals surface area contributed by atoms with Crippen molar-refractivity contribution in [3.63, 3.8) is 0 Å². The fourth-order valence-corrected chi connectivity index (χ4v) is 5.94. The summed E-state index contributed by atoms with van der Waals surface area (Å²) in [7, 11) is -4.63. The first-order valence-corrected chi connectivity index (χ1v) is 20.3. The van der Waals surface area contributed by atoms with Crippen molar-refractivity contribution in [2.75, 3.05) is 13.2 Å². The highest BCUT2D eigenvalue weighted by Crippen LogP contribution is 2.42. The first-order chi connectivity index (χ1) is 19.3. The number of hydrogen-bond donors (Lipinski definition) is 1. The van der Waals surface area contributed by atoms with Gasteiger partial charge in [0.2, 0.25) is 5.79 Å². The number of aliphatic hydroxyl groups is 1. The minimum absolute atomic E-state index is 0.0328. The molecule has 0 spiro atoms. The first-order valence-electron chi connectivity index (χ1n) is 14.5. The Morgan fingerprint density at radius 3 is 1.64 bits per heavy atom. The third kappa shape index (κ3) is 7.97. The van der Waals surface area contributed by atoms with Crippen LogP contribution >= 0.6 is 0 Å². The molecule has 0 bridgehead atoms. The minimum atomic E-state index is -2.37. The lowest BCUT2D eigenvalue weighted by Crippen LogP contribution is -2.53. The molecular formula is C32H48O8Si2. The lowest BCUT2D eigenvalue weighted by Gasteiger charge is -2.39. The lowest BCUT2D eigenvalue weighted by atomic mass is 10.0. The molecule has 232 valence electrons. The van der Waals surface area contributed by atoms with E-state index in [1.165, 1.54) is 0 Å². The van der Waals surface area contributed by atoms with Gasteiger partial charge >= 0.3 is 11.9 Å². The number of hydrogen-bond acceptors (Lipinski definition) is 8. The highest BCUT2D eigenvalue weighted by atomic mass is 28.4. The Bertz CT molecular complexity index is 1200. The molecule has 1 aliphatic rings. The molecule has 1 saturated heterocycles. The Kier molecular flexibility index (Phi) is 10.3. The van der Waals surface area contributed by atoms with Crippen LogP contribution in [0.2, 0.25) is 36.3 Å². The summed E-state index contributed by atoms with van der Waals surface area (Å²) in [5.41, 5.74) is 0.613. The molecule has 4 atom stereocenters. The third-order valence-corrected chi connectivity index (χ3v) is 17.8. The maximum atomic E-state index is 13.3. The van der Waals surface area contributed by atoms with Gasteiger partial charge in [0.25, 0.3) is 0 Å². The fraction of sp³-hybridized carbons (Fsp3) is 0.562. The number of carbonyl (C=O) groups is 2. The van der Waals surface area contributed by atoms with Gasteiger partial charge in [0, 0.05) is 0 Å². The van der Waals surface area contributed by atoms with E-state index in [9.17, 15) is 14.7 Å². The molecule has 0 amide bonds. The van der Waals surface area contributed by atoms with Crippen molar-refractivity contribution < 1.29 is 37.8 Å². The van der Waals surface area contributed by atoms with Crippen molar-refractivity contribution in [1.82, 2.24) is 0 Å². The minimum Gasteiger partial charge on any atom is -0.452 e. The van der Waals surface area contributed by atoms with Crippen molar-refractivity contribution >= 4 is 28.6 Å². The highest BCUT2D eigenvalue weighted by molar-refractivity contribution is 6.74. The number of ether oxygens (including phenoxy) is 3. The maximum absolute atomic E-state index is 13.3. The number of esters is 2. The van der Waals surface area contributed by atoms with E-state index in [-0.39, 0.29) is 23.3 Å². The predicted molar refractivity (Wildman–Crippen MR) is 167 cm³/mol. The molecule has 0 saturated carbocycles. The molecule has 0 radical (unpaired) electrons. The molecule has 10 heteroatoms. The normalized spacial score (nSPS) is 23.5. The van der Waals surface area contributed by atoms with E-state index < -0.39 is 52.7 Å². The average molecular weight is 617 g/mol. The lowest BCUT2D eigenvalue weighted by molar-refractivity contribution is -0.245. The van der Waals surface area contributed by atoms with Crippen LogP contribution in [0.25, 0.3) is 0 Å². The van der Waals surface area contributed by atoms with Crippen molar-refractivity contribution in [3.8, 4) is 0 Å². The van der Waals surface area contributed by atoms with Crippen LogP contribution in [0.15, 0.2) is 60.7 Å². The standard InChI is InChI=1S/C32H48O8Si2/c1-30(2,3)41(7,8)36-21-25-26(38-28(33)23-17-13-11-14-18-23)27(39-29(34)24-19-15-12-16-20-24)32(35,40-25)22-37-42(9,10)31(4,5)6/h11-20,25-27,35H,21-22H2,1-10H3/t25-,26-,27-,32-/m1/s1. The second-order valence-electron chi connectivity index (χ2n) is 14.0. The summed E-state index contributed by atoms with van der Waals surface area (Å²) in [6.45, 7) is 20.7. The zero-order valence-electron chi connectivity index (χ0n) is 26.7. The van der Waals surface area contributed by atoms with Gasteiger partial charge in [-0.05, 0) is 60.5 Å². The smallest absolute Gasteiger partial charge is 0.338 e. The van der Waals surface area contributed by atoms with Crippen molar-refractivity contribution in [3.05, 3.63) is 71.8 Å². The SMILES string of the molecule is CC(C)(C)[Si](C)(C)OC[C@H]1O[C@](O)(CO[Si](C)(C)C(C)(C)C)[C@H](OC(=O)c2ccccc2)[C@@H]1OC(=O)c1ccccc1. The molecule has 42 heavy (non-hydrogen) atoms. The molecule has 2 aromatic carbocycles. The van der Waals surface area contributed by atoms with Gasteiger partial charge in [0.1, 0.15) is 6.10 Å². The zero-order chi connectivity index (χ0) is 31.6. The Hall–Kier alpha value is -2.35. The molecule has 1 fully saturated rings. The molecule has 1 heterocycles. The van der Waals surface area contributed by atoms with Crippen molar-refractivity contribution in [1.29, 1.82) is 0 Å². The van der Waals surface area contributed by atoms with Crippen LogP contribution in [0, 0.1) is 0 Å². The van der Waals surface area contributed by atoms with Gasteiger partial charge in [0.05, 0.1) is 24.3 Å². The number of rotatable bonds is 10. The van der Waals surface area contributed by atoms with E-state index in [0.717, 1.165) is 0 Å². The van der Waals surface area contributed by atoms with E-state index >= 15 is 0 Å². The summed E-state index contributed by atoms with van der Waals surface area (Å²) in [6.07, 6.45) is -3.47. The Balaban J connectivity index is 2.01. The fourth-order valence-electron chi connectivity index (χ4n) is 3.92. The van der Waals surface area contributed by atoms with Gasteiger partial charge in [-0.2, -0.15) is 0 Å². The molecule has 0 aromatic heterocycles. The van der Waals surface area contributed by atoms with Crippen LogP contribution in [0.1, 0.15) is 62.3 Å². The summed E-state index contributed by atoms with van der Waals surface area (Å²) in [5.74, 6) is -3.40. The van der Waals surface area contributed by atoms with Crippen LogP contribution < -0.4 is 0 Å². The summed E-state index contributed by atoms with van der Waals surface area (Å²) >= 11 is 0. The number of benzene rings is 2. The molecular weight excluding hydrogens is 569 g/mol. The van der Waals surface area contributed by atoms with Crippen LogP contribution in [0.4, 0.5) is 0 Å². The van der Waals surface area contributed by atoms with Gasteiger partial charge in [-0.3, -0.25) is 0 Å². The average Bonchev–Trinajstić information content (AvgIpc) is 3.16. The topological polar surface area (TPSA) is 101 Å². The highest BCUT2D eigenvalue weighted by Gasteiger charge is 2.60. The number of carbonyl (C=O) groups excluding carboxylic acids is 2. The zero-order valence-corrected chi connectivity index (χ0v) is 28.7. The summed E-state index contributed by atoms with van der Waals surface area (Å²) in [5, 5.41) is 11.8. The van der Waals surface area contributed by atoms with E-state index in [1.807, 2.05) is 0 Å². The molecule has 1 N–H and O–H groups in total. The van der Waals surface area contributed by atoms with Crippen LogP contribution in [-0.2, 0) is 23.1 Å². The van der Waals surface area contributed by atoms with Gasteiger partial charge in [-0.15, -0.1) is 0 Å². The summed E-state index contributed by atoms with van der Waals surface area (Å²) in [6, 6.07) is 17.0. The summed E-state index contributed by atoms with van der Waals surface area (Å²) < 4.78 is 31.0. The molecule has 8 nitrogen and oxygen atoms in total. The molecule has 2 aromatic rings. The quantitative estimate of drug-likeness (QED) is 0.236. The largest absolute Gasteiger partial charge is 0.452 e. The van der Waals surface area contributed by atoms with Gasteiger partial charge < -0.3 is 28.2 Å². The van der Waals surface area contributed by atoms with Crippen molar-refractivity contribution in [2.45, 2.75) is 102 Å². The molecule has 3 rings (SSSR count). The van der Waals surface area contributed by atoms with Crippen LogP contribution in [-0.4, -0.2) is 71.0 Å². The molecule has 1 aliphatic heterocycles. The monoisotopic (exact) mass is 616 g/mol. The Morgan fingerprint density at radius 1 is 0.762 bits per heavy atom. The molecule has 0 aliphatic carbocycles. The maximum Gasteiger partial charge on any atom is 0.338 e.